The lowest BCUT2D eigenvalue weighted by Crippen LogP contribution is -2.35. The summed E-state index contributed by atoms with van der Waals surface area (Å²) in [6.45, 7) is 1.45. The molecule has 1 N–H and O–H groups in total. The first kappa shape index (κ1) is 15.4. The molecule has 0 aliphatic rings. The van der Waals surface area contributed by atoms with Gasteiger partial charge in [-0.05, 0) is 12.1 Å². The quantitative estimate of drug-likeness (QED) is 0.732. The van der Waals surface area contributed by atoms with E-state index in [4.69, 9.17) is 14.6 Å². The molecule has 0 saturated heterocycles. The first-order valence-corrected chi connectivity index (χ1v) is 5.94. The minimum atomic E-state index is -0.915. The third kappa shape index (κ3) is 6.17. The Kier molecular flexibility index (Phi) is 6.84. The summed E-state index contributed by atoms with van der Waals surface area (Å²) in [6.07, 6.45) is 0. The van der Waals surface area contributed by atoms with Crippen LogP contribution in [0, 0.1) is 5.82 Å². The molecule has 0 bridgehead atoms. The summed E-state index contributed by atoms with van der Waals surface area (Å²) in [7, 11) is 1.55. The van der Waals surface area contributed by atoms with Crippen molar-refractivity contribution in [3.05, 3.63) is 30.1 Å². The molecule has 0 radical (unpaired) electrons. The number of hydrogen-bond acceptors (Lipinski definition) is 4. The third-order valence-electron chi connectivity index (χ3n) is 2.47. The molecule has 0 spiro atoms. The maximum atomic E-state index is 13.3. The highest BCUT2D eigenvalue weighted by atomic mass is 19.1. The normalized spacial score (nSPS) is 10.7. The molecule has 1 aromatic rings. The van der Waals surface area contributed by atoms with Crippen LogP contribution in [-0.2, 0) is 9.53 Å². The van der Waals surface area contributed by atoms with Crippen molar-refractivity contribution in [1.82, 2.24) is 4.90 Å². The van der Waals surface area contributed by atoms with E-state index in [1.165, 1.54) is 12.1 Å². The lowest BCUT2D eigenvalue weighted by Gasteiger charge is -2.19. The average molecular weight is 271 g/mol. The summed E-state index contributed by atoms with van der Waals surface area (Å²) in [5, 5.41) is 8.76. The number of carbonyl (C=O) groups is 1. The van der Waals surface area contributed by atoms with Gasteiger partial charge in [-0.15, -0.1) is 0 Å². The molecule has 0 aliphatic carbocycles. The van der Waals surface area contributed by atoms with E-state index in [0.717, 1.165) is 0 Å². The van der Waals surface area contributed by atoms with Crippen molar-refractivity contribution in [2.45, 2.75) is 0 Å². The first-order chi connectivity index (χ1) is 9.13. The summed E-state index contributed by atoms with van der Waals surface area (Å²) in [5.74, 6) is -1.17. The summed E-state index contributed by atoms with van der Waals surface area (Å²) < 4.78 is 23.5. The number of carboxylic acids is 1. The Hall–Kier alpha value is -1.66. The molecule has 0 amide bonds. The van der Waals surface area contributed by atoms with Crippen molar-refractivity contribution in [3.63, 3.8) is 0 Å². The molecule has 1 aromatic carbocycles. The lowest BCUT2D eigenvalue weighted by molar-refractivity contribution is -0.138. The van der Waals surface area contributed by atoms with E-state index in [1.807, 2.05) is 0 Å². The molecule has 19 heavy (non-hydrogen) atoms. The standard InChI is InChI=1S/C13H18FNO4/c1-18-8-6-15(10-13(16)17)7-9-19-12-5-3-2-4-11(12)14/h2-5H,6-10H2,1H3,(H,16,17). The number of aliphatic carboxylic acids is 1. The fourth-order valence-electron chi connectivity index (χ4n) is 1.53. The van der Waals surface area contributed by atoms with Gasteiger partial charge in [-0.1, -0.05) is 12.1 Å². The molecule has 5 nitrogen and oxygen atoms in total. The number of nitrogens with zero attached hydrogens (tertiary/aromatic N) is 1. The van der Waals surface area contributed by atoms with Crippen molar-refractivity contribution in [2.24, 2.45) is 0 Å². The number of halogens is 1. The molecule has 0 atom stereocenters. The molecule has 0 aromatic heterocycles. The molecule has 106 valence electrons. The predicted octanol–water partition coefficient (Wildman–Crippen LogP) is 1.24. The van der Waals surface area contributed by atoms with Crippen LogP contribution >= 0.6 is 0 Å². The number of methoxy groups -OCH3 is 1. The van der Waals surface area contributed by atoms with E-state index in [-0.39, 0.29) is 18.9 Å². The van der Waals surface area contributed by atoms with Crippen LogP contribution in [0.15, 0.2) is 24.3 Å². The van der Waals surface area contributed by atoms with Gasteiger partial charge in [0.1, 0.15) is 6.61 Å². The smallest absolute Gasteiger partial charge is 0.317 e. The van der Waals surface area contributed by atoms with E-state index in [1.54, 1.807) is 24.1 Å². The molecule has 0 unspecified atom stereocenters. The Balaban J connectivity index is 2.38. The third-order valence-corrected chi connectivity index (χ3v) is 2.47. The largest absolute Gasteiger partial charge is 0.489 e. The molecule has 6 heteroatoms. The summed E-state index contributed by atoms with van der Waals surface area (Å²) in [5.41, 5.74) is 0. The Morgan fingerprint density at radius 3 is 2.63 bits per heavy atom. The number of para-hydroxylation sites is 1. The number of carboxylic acid groups (broad SMARTS) is 1. The van der Waals surface area contributed by atoms with Gasteiger partial charge in [-0.3, -0.25) is 9.69 Å². The summed E-state index contributed by atoms with van der Waals surface area (Å²) in [4.78, 5) is 12.4. The van der Waals surface area contributed by atoms with E-state index >= 15 is 0 Å². The van der Waals surface area contributed by atoms with Gasteiger partial charge in [-0.2, -0.15) is 0 Å². The van der Waals surface area contributed by atoms with Crippen molar-refractivity contribution in [3.8, 4) is 5.75 Å². The zero-order chi connectivity index (χ0) is 14.1. The zero-order valence-corrected chi connectivity index (χ0v) is 10.8. The number of hydrogen-bond donors (Lipinski definition) is 1. The van der Waals surface area contributed by atoms with Crippen molar-refractivity contribution >= 4 is 5.97 Å². The molecule has 0 saturated carbocycles. The van der Waals surface area contributed by atoms with Gasteiger partial charge < -0.3 is 14.6 Å². The van der Waals surface area contributed by atoms with Crippen LogP contribution in [0.2, 0.25) is 0 Å². The highest BCUT2D eigenvalue weighted by molar-refractivity contribution is 5.69. The van der Waals surface area contributed by atoms with Crippen LogP contribution in [0.1, 0.15) is 0 Å². The van der Waals surface area contributed by atoms with Crippen LogP contribution in [0.25, 0.3) is 0 Å². The van der Waals surface area contributed by atoms with Gasteiger partial charge in [-0.25, -0.2) is 4.39 Å². The van der Waals surface area contributed by atoms with Crippen molar-refractivity contribution in [1.29, 1.82) is 0 Å². The molecule has 0 aliphatic heterocycles. The van der Waals surface area contributed by atoms with Crippen LogP contribution < -0.4 is 4.74 Å². The number of benzene rings is 1. The topological polar surface area (TPSA) is 59.0 Å². The highest BCUT2D eigenvalue weighted by Gasteiger charge is 2.10. The van der Waals surface area contributed by atoms with Gasteiger partial charge in [0.2, 0.25) is 0 Å². The van der Waals surface area contributed by atoms with E-state index < -0.39 is 11.8 Å². The van der Waals surface area contributed by atoms with Gasteiger partial charge in [0.25, 0.3) is 0 Å². The molecule has 0 fully saturated rings. The second kappa shape index (κ2) is 8.44. The van der Waals surface area contributed by atoms with E-state index in [2.05, 4.69) is 0 Å². The molecular formula is C13H18FNO4. The van der Waals surface area contributed by atoms with E-state index in [0.29, 0.717) is 19.7 Å². The number of rotatable bonds is 9. The maximum Gasteiger partial charge on any atom is 0.317 e. The number of ether oxygens (including phenoxy) is 2. The Labute approximate surface area is 111 Å². The summed E-state index contributed by atoms with van der Waals surface area (Å²) in [6, 6.07) is 6.11. The lowest BCUT2D eigenvalue weighted by atomic mass is 10.3. The minimum absolute atomic E-state index is 0.0933. The zero-order valence-electron chi connectivity index (χ0n) is 10.8. The van der Waals surface area contributed by atoms with Gasteiger partial charge in [0.15, 0.2) is 11.6 Å². The first-order valence-electron chi connectivity index (χ1n) is 5.94. The highest BCUT2D eigenvalue weighted by Crippen LogP contribution is 2.14. The summed E-state index contributed by atoms with van der Waals surface area (Å²) >= 11 is 0. The predicted molar refractivity (Wildman–Crippen MR) is 67.8 cm³/mol. The Bertz CT molecular complexity index is 400. The van der Waals surface area contributed by atoms with Crippen LogP contribution in [0.5, 0.6) is 5.75 Å². The van der Waals surface area contributed by atoms with Gasteiger partial charge in [0, 0.05) is 20.2 Å². The van der Waals surface area contributed by atoms with Gasteiger partial charge >= 0.3 is 5.97 Å². The van der Waals surface area contributed by atoms with Gasteiger partial charge in [0.05, 0.1) is 13.2 Å². The SMILES string of the molecule is COCCN(CCOc1ccccc1F)CC(=O)O. The minimum Gasteiger partial charge on any atom is -0.489 e. The van der Waals surface area contributed by atoms with Crippen LogP contribution in [0.3, 0.4) is 0 Å². The van der Waals surface area contributed by atoms with Crippen molar-refractivity contribution in [2.75, 3.05) is 40.0 Å². The fourth-order valence-corrected chi connectivity index (χ4v) is 1.53. The molecular weight excluding hydrogens is 253 g/mol. The van der Waals surface area contributed by atoms with Crippen LogP contribution in [0.4, 0.5) is 4.39 Å². The second-order valence-corrected chi connectivity index (χ2v) is 3.94. The monoisotopic (exact) mass is 271 g/mol. The van der Waals surface area contributed by atoms with E-state index in [9.17, 15) is 9.18 Å². The Morgan fingerprint density at radius 1 is 1.32 bits per heavy atom. The fraction of sp³-hybridized carbons (Fsp3) is 0.462. The molecule has 0 heterocycles. The van der Waals surface area contributed by atoms with Crippen molar-refractivity contribution < 1.29 is 23.8 Å². The average Bonchev–Trinajstić information content (AvgIpc) is 2.37. The Morgan fingerprint density at radius 2 is 2.00 bits per heavy atom. The van der Waals surface area contributed by atoms with Crippen LogP contribution in [-0.4, -0.2) is 55.9 Å². The molecule has 1 rings (SSSR count). The maximum absolute atomic E-state index is 13.3. The second-order valence-electron chi connectivity index (χ2n) is 3.94.